The summed E-state index contributed by atoms with van der Waals surface area (Å²) in [5.41, 5.74) is 0.983. The van der Waals surface area contributed by atoms with Crippen molar-refractivity contribution in [3.05, 3.63) is 29.3 Å². The maximum absolute atomic E-state index is 10.4. The number of carbonyl (C=O) groups excluding carboxylic acids is 1. The van der Waals surface area contributed by atoms with E-state index in [1.165, 1.54) is 0 Å². The monoisotopic (exact) mass is 234 g/mol. The van der Waals surface area contributed by atoms with Crippen molar-refractivity contribution in [2.75, 3.05) is 0 Å². The molecule has 0 aliphatic rings. The van der Waals surface area contributed by atoms with Crippen LogP contribution in [0, 0.1) is 0 Å². The summed E-state index contributed by atoms with van der Waals surface area (Å²) in [6, 6.07) is 7.68. The first-order chi connectivity index (χ1) is 7.63. The van der Waals surface area contributed by atoms with Gasteiger partial charge in [-0.25, -0.2) is 4.79 Å². The second-order valence-corrected chi connectivity index (χ2v) is 4.31. The fourth-order valence-corrected chi connectivity index (χ4v) is 2.02. The van der Waals surface area contributed by atoms with Crippen molar-refractivity contribution in [2.24, 2.45) is 4.99 Å². The molecule has 0 radical (unpaired) electrons. The number of benzene rings is 1. The molecule has 0 bridgehead atoms. The molecule has 0 fully saturated rings. The molecule has 0 saturated carbocycles. The zero-order chi connectivity index (χ0) is 11.7. The van der Waals surface area contributed by atoms with E-state index in [9.17, 15) is 4.79 Å². The minimum atomic E-state index is 0.211. The van der Waals surface area contributed by atoms with Crippen LogP contribution in [0.15, 0.2) is 29.3 Å². The highest BCUT2D eigenvalue weighted by molar-refractivity contribution is 6.31. The van der Waals surface area contributed by atoms with E-state index >= 15 is 0 Å². The largest absolute Gasteiger partial charge is 0.323 e. The smallest absolute Gasteiger partial charge is 0.242 e. The molecule has 0 unspecified atom stereocenters. The second-order valence-electron chi connectivity index (χ2n) is 3.87. The summed E-state index contributed by atoms with van der Waals surface area (Å²) in [4.78, 5) is 14.1. The molecule has 0 saturated heterocycles. The highest BCUT2D eigenvalue weighted by Gasteiger charge is 2.11. The number of rotatable bonds is 2. The highest BCUT2D eigenvalue weighted by Crippen LogP contribution is 2.30. The van der Waals surface area contributed by atoms with Gasteiger partial charge in [0.1, 0.15) is 5.82 Å². The number of hydrogen-bond donors (Lipinski definition) is 0. The van der Waals surface area contributed by atoms with Gasteiger partial charge in [-0.15, -0.1) is 4.99 Å². The predicted octanol–water partition coefficient (Wildman–Crippen LogP) is 3.84. The van der Waals surface area contributed by atoms with Gasteiger partial charge in [-0.05, 0) is 32.0 Å². The molecule has 2 rings (SSSR count). The predicted molar refractivity (Wildman–Crippen MR) is 65.1 cm³/mol. The van der Waals surface area contributed by atoms with Crippen LogP contribution in [0.1, 0.15) is 19.9 Å². The minimum absolute atomic E-state index is 0.211. The van der Waals surface area contributed by atoms with E-state index < -0.39 is 0 Å². The van der Waals surface area contributed by atoms with Crippen LogP contribution in [0.4, 0.5) is 5.82 Å². The lowest BCUT2D eigenvalue weighted by atomic mass is 10.2. The Kier molecular flexibility index (Phi) is 2.82. The van der Waals surface area contributed by atoms with Crippen molar-refractivity contribution in [3.63, 3.8) is 0 Å². The minimum Gasteiger partial charge on any atom is -0.323 e. The summed E-state index contributed by atoms with van der Waals surface area (Å²) in [6.07, 6.45) is 1.58. The van der Waals surface area contributed by atoms with E-state index in [1.807, 2.05) is 42.7 Å². The Morgan fingerprint density at radius 3 is 2.75 bits per heavy atom. The summed E-state index contributed by atoms with van der Waals surface area (Å²) in [5, 5.41) is 1.70. The van der Waals surface area contributed by atoms with E-state index in [0.717, 1.165) is 10.9 Å². The molecule has 1 aromatic heterocycles. The molecule has 0 atom stereocenters. The third kappa shape index (κ3) is 1.75. The summed E-state index contributed by atoms with van der Waals surface area (Å²) in [7, 11) is 0. The third-order valence-electron chi connectivity index (χ3n) is 2.46. The zero-order valence-corrected chi connectivity index (χ0v) is 9.82. The molecule has 4 heteroatoms. The summed E-state index contributed by atoms with van der Waals surface area (Å²) < 4.78 is 1.96. The lowest BCUT2D eigenvalue weighted by Crippen LogP contribution is -1.99. The van der Waals surface area contributed by atoms with E-state index in [4.69, 9.17) is 11.6 Å². The van der Waals surface area contributed by atoms with Crippen molar-refractivity contribution in [3.8, 4) is 0 Å². The van der Waals surface area contributed by atoms with Gasteiger partial charge >= 0.3 is 0 Å². The Balaban J connectivity index is 2.82. The van der Waals surface area contributed by atoms with Crippen LogP contribution < -0.4 is 0 Å². The maximum Gasteiger partial charge on any atom is 0.242 e. The molecule has 3 nitrogen and oxygen atoms in total. The Hall–Kier alpha value is -1.57. The SMILES string of the molecule is CC(C)n1c(N=C=O)cc2ccc(Cl)cc21. The van der Waals surface area contributed by atoms with Gasteiger partial charge in [-0.3, -0.25) is 0 Å². The lowest BCUT2D eigenvalue weighted by Gasteiger charge is -2.11. The van der Waals surface area contributed by atoms with E-state index in [2.05, 4.69) is 4.99 Å². The number of aliphatic imine (C=N–C) groups is 1. The number of isocyanates is 1. The fraction of sp³-hybridized carbons (Fsp3) is 0.250. The Morgan fingerprint density at radius 2 is 2.12 bits per heavy atom. The molecule has 0 aliphatic carbocycles. The van der Waals surface area contributed by atoms with Crippen molar-refractivity contribution in [1.29, 1.82) is 0 Å². The van der Waals surface area contributed by atoms with Gasteiger partial charge in [-0.1, -0.05) is 17.7 Å². The zero-order valence-electron chi connectivity index (χ0n) is 9.07. The molecule has 1 heterocycles. The Morgan fingerprint density at radius 1 is 1.38 bits per heavy atom. The second kappa shape index (κ2) is 4.12. The van der Waals surface area contributed by atoms with E-state index in [-0.39, 0.29) is 6.04 Å². The van der Waals surface area contributed by atoms with Gasteiger partial charge in [-0.2, -0.15) is 0 Å². The number of hydrogen-bond acceptors (Lipinski definition) is 2. The number of halogens is 1. The maximum atomic E-state index is 10.4. The molecule has 0 amide bonds. The first kappa shape index (κ1) is 10.9. The van der Waals surface area contributed by atoms with Crippen LogP contribution in [0.2, 0.25) is 5.02 Å². The van der Waals surface area contributed by atoms with Gasteiger partial charge in [0.05, 0.1) is 5.52 Å². The van der Waals surface area contributed by atoms with Gasteiger partial charge < -0.3 is 4.57 Å². The quantitative estimate of drug-likeness (QED) is 0.574. The summed E-state index contributed by atoms with van der Waals surface area (Å²) >= 11 is 5.96. The van der Waals surface area contributed by atoms with Crippen LogP contribution >= 0.6 is 11.6 Å². The van der Waals surface area contributed by atoms with E-state index in [1.54, 1.807) is 6.08 Å². The summed E-state index contributed by atoms with van der Waals surface area (Å²) in [5.74, 6) is 0.613. The normalized spacial score (nSPS) is 10.8. The molecule has 2 aromatic rings. The molecule has 16 heavy (non-hydrogen) atoms. The Labute approximate surface area is 98.4 Å². The van der Waals surface area contributed by atoms with Gasteiger partial charge in [0.25, 0.3) is 0 Å². The Bertz CT molecular complexity index is 580. The highest BCUT2D eigenvalue weighted by atomic mass is 35.5. The molecule has 0 spiro atoms. The molecule has 0 N–H and O–H groups in total. The lowest BCUT2D eigenvalue weighted by molar-refractivity contribution is 0.564. The molecule has 1 aromatic carbocycles. The van der Waals surface area contributed by atoms with Crippen LogP contribution in [-0.2, 0) is 4.79 Å². The van der Waals surface area contributed by atoms with Gasteiger partial charge in [0.15, 0.2) is 0 Å². The average molecular weight is 235 g/mol. The molecule has 82 valence electrons. The number of fused-ring (bicyclic) bond motifs is 1. The number of nitrogens with zero attached hydrogens (tertiary/aromatic N) is 2. The van der Waals surface area contributed by atoms with Crippen molar-refractivity contribution in [2.45, 2.75) is 19.9 Å². The molecular formula is C12H11ClN2O. The van der Waals surface area contributed by atoms with E-state index in [0.29, 0.717) is 10.8 Å². The fourth-order valence-electron chi connectivity index (χ4n) is 1.86. The van der Waals surface area contributed by atoms with Gasteiger partial charge in [0, 0.05) is 16.5 Å². The van der Waals surface area contributed by atoms with Crippen molar-refractivity contribution >= 4 is 34.4 Å². The average Bonchev–Trinajstić information content (AvgIpc) is 2.55. The molecule has 0 aliphatic heterocycles. The van der Waals surface area contributed by atoms with Crippen molar-refractivity contribution < 1.29 is 4.79 Å². The third-order valence-corrected chi connectivity index (χ3v) is 2.70. The van der Waals surface area contributed by atoms with Crippen LogP contribution in [-0.4, -0.2) is 10.6 Å². The molecular weight excluding hydrogens is 224 g/mol. The standard InChI is InChI=1S/C12H11ClN2O/c1-8(2)15-11-6-10(13)4-3-9(11)5-12(15)14-7-16/h3-6,8H,1-2H3. The van der Waals surface area contributed by atoms with Crippen molar-refractivity contribution in [1.82, 2.24) is 4.57 Å². The first-order valence-corrected chi connectivity index (χ1v) is 5.39. The van der Waals surface area contributed by atoms with Crippen LogP contribution in [0.3, 0.4) is 0 Å². The topological polar surface area (TPSA) is 34.4 Å². The number of aromatic nitrogens is 1. The van der Waals surface area contributed by atoms with Crippen LogP contribution in [0.5, 0.6) is 0 Å². The van der Waals surface area contributed by atoms with Crippen LogP contribution in [0.25, 0.3) is 10.9 Å². The van der Waals surface area contributed by atoms with Gasteiger partial charge in [0.2, 0.25) is 6.08 Å². The first-order valence-electron chi connectivity index (χ1n) is 5.02. The summed E-state index contributed by atoms with van der Waals surface area (Å²) in [6.45, 7) is 4.06.